The quantitative estimate of drug-likeness (QED) is 0.895. The number of carbonyl (C=O) groups is 1. The summed E-state index contributed by atoms with van der Waals surface area (Å²) in [6.45, 7) is 6.69. The lowest BCUT2D eigenvalue weighted by molar-refractivity contribution is 0.0636. The third-order valence-corrected chi connectivity index (χ3v) is 4.07. The predicted octanol–water partition coefficient (Wildman–Crippen LogP) is 0.564. The van der Waals surface area contributed by atoms with Crippen LogP contribution in [0, 0.1) is 6.92 Å². The van der Waals surface area contributed by atoms with Crippen LogP contribution in [0.5, 0.6) is 0 Å². The molecule has 3 heterocycles. The fourth-order valence-electron chi connectivity index (χ4n) is 2.88. The van der Waals surface area contributed by atoms with Gasteiger partial charge in [0.2, 0.25) is 0 Å². The summed E-state index contributed by atoms with van der Waals surface area (Å²) >= 11 is 0. The topological polar surface area (TPSA) is 82.0 Å². The van der Waals surface area contributed by atoms with Crippen LogP contribution in [-0.2, 0) is 13.1 Å². The van der Waals surface area contributed by atoms with Gasteiger partial charge in [-0.1, -0.05) is 5.21 Å². The summed E-state index contributed by atoms with van der Waals surface area (Å²) in [6.07, 6.45) is 1.67. The number of hydrogen-bond donors (Lipinski definition) is 1. The van der Waals surface area contributed by atoms with E-state index in [1.165, 1.54) is 11.4 Å². The molecular formula is C14H20N6O. The summed E-state index contributed by atoms with van der Waals surface area (Å²) in [5.74, 6) is -0.0733. The first-order valence-electron chi connectivity index (χ1n) is 7.19. The Balaban J connectivity index is 1.82. The zero-order valence-corrected chi connectivity index (χ0v) is 12.4. The van der Waals surface area contributed by atoms with Crippen molar-refractivity contribution < 1.29 is 4.79 Å². The fourth-order valence-corrected chi connectivity index (χ4v) is 2.88. The van der Waals surface area contributed by atoms with Crippen molar-refractivity contribution in [3.63, 3.8) is 0 Å². The zero-order valence-electron chi connectivity index (χ0n) is 12.4. The van der Waals surface area contributed by atoms with E-state index in [4.69, 9.17) is 5.73 Å². The standard InChI is InChI=1S/C14H20N6O/c1-10-3-4-13-11(2)20(8-7-19(10)13)14(21)12-9-18(6-5-15)17-16-12/h3-4,9,11H,5-8,15H2,1-2H3. The van der Waals surface area contributed by atoms with Crippen molar-refractivity contribution in [3.8, 4) is 0 Å². The Morgan fingerprint density at radius 3 is 3.00 bits per heavy atom. The highest BCUT2D eigenvalue weighted by Gasteiger charge is 2.30. The Kier molecular flexibility index (Phi) is 3.50. The molecule has 2 aromatic rings. The van der Waals surface area contributed by atoms with E-state index >= 15 is 0 Å². The molecule has 0 saturated carbocycles. The van der Waals surface area contributed by atoms with Crippen LogP contribution in [0.2, 0.25) is 0 Å². The van der Waals surface area contributed by atoms with Gasteiger partial charge in [-0.05, 0) is 26.0 Å². The van der Waals surface area contributed by atoms with Gasteiger partial charge >= 0.3 is 0 Å². The van der Waals surface area contributed by atoms with Crippen molar-refractivity contribution in [1.29, 1.82) is 0 Å². The van der Waals surface area contributed by atoms with Gasteiger partial charge in [-0.2, -0.15) is 0 Å². The average Bonchev–Trinajstić information content (AvgIpc) is 3.07. The zero-order chi connectivity index (χ0) is 15.0. The Hall–Kier alpha value is -2.15. The van der Waals surface area contributed by atoms with Crippen molar-refractivity contribution in [3.05, 3.63) is 35.4 Å². The molecule has 7 nitrogen and oxygen atoms in total. The smallest absolute Gasteiger partial charge is 0.276 e. The Bertz CT molecular complexity index is 658. The van der Waals surface area contributed by atoms with Crippen molar-refractivity contribution in [1.82, 2.24) is 24.5 Å². The normalized spacial score (nSPS) is 17.9. The second-order valence-corrected chi connectivity index (χ2v) is 5.38. The first-order valence-corrected chi connectivity index (χ1v) is 7.19. The molecule has 3 rings (SSSR count). The van der Waals surface area contributed by atoms with Gasteiger partial charge in [-0.3, -0.25) is 9.48 Å². The highest BCUT2D eigenvalue weighted by atomic mass is 16.2. The monoisotopic (exact) mass is 288 g/mol. The predicted molar refractivity (Wildman–Crippen MR) is 77.7 cm³/mol. The lowest BCUT2D eigenvalue weighted by atomic mass is 10.1. The third kappa shape index (κ3) is 2.33. The van der Waals surface area contributed by atoms with E-state index in [1.807, 2.05) is 11.8 Å². The van der Waals surface area contributed by atoms with Gasteiger partial charge in [0, 0.05) is 31.0 Å². The maximum atomic E-state index is 12.6. The van der Waals surface area contributed by atoms with E-state index in [-0.39, 0.29) is 11.9 Å². The molecule has 0 fully saturated rings. The van der Waals surface area contributed by atoms with E-state index in [0.717, 1.165) is 6.54 Å². The molecule has 1 aliphatic heterocycles. The van der Waals surface area contributed by atoms with E-state index < -0.39 is 0 Å². The molecule has 1 atom stereocenters. The average molecular weight is 288 g/mol. The third-order valence-electron chi connectivity index (χ3n) is 4.07. The minimum Gasteiger partial charge on any atom is -0.345 e. The van der Waals surface area contributed by atoms with Crippen LogP contribution in [0.1, 0.15) is 34.8 Å². The van der Waals surface area contributed by atoms with E-state index in [1.54, 1.807) is 10.9 Å². The number of hydrogen-bond acceptors (Lipinski definition) is 4. The van der Waals surface area contributed by atoms with Gasteiger partial charge in [0.05, 0.1) is 18.8 Å². The summed E-state index contributed by atoms with van der Waals surface area (Å²) in [5.41, 5.74) is 8.26. The number of nitrogens with two attached hydrogens (primary N) is 1. The van der Waals surface area contributed by atoms with Gasteiger partial charge < -0.3 is 15.2 Å². The largest absolute Gasteiger partial charge is 0.345 e. The first-order chi connectivity index (χ1) is 10.1. The van der Waals surface area contributed by atoms with Crippen molar-refractivity contribution in [2.75, 3.05) is 13.1 Å². The number of carbonyl (C=O) groups excluding carboxylic acids is 1. The molecule has 2 aromatic heterocycles. The Labute approximate surface area is 123 Å². The number of nitrogens with zero attached hydrogens (tertiary/aromatic N) is 5. The molecule has 0 aromatic carbocycles. The molecule has 0 saturated heterocycles. The van der Waals surface area contributed by atoms with Crippen molar-refractivity contribution in [2.24, 2.45) is 5.73 Å². The van der Waals surface area contributed by atoms with Gasteiger partial charge in [0.25, 0.3) is 5.91 Å². The molecule has 0 bridgehead atoms. The Morgan fingerprint density at radius 2 is 2.24 bits per heavy atom. The minimum absolute atomic E-state index is 0.0413. The van der Waals surface area contributed by atoms with Gasteiger partial charge in [-0.15, -0.1) is 5.10 Å². The van der Waals surface area contributed by atoms with Crippen LogP contribution in [-0.4, -0.2) is 43.5 Å². The van der Waals surface area contributed by atoms with Crippen molar-refractivity contribution in [2.45, 2.75) is 33.0 Å². The molecule has 0 spiro atoms. The Morgan fingerprint density at radius 1 is 1.43 bits per heavy atom. The van der Waals surface area contributed by atoms with E-state index in [9.17, 15) is 4.79 Å². The molecule has 1 aliphatic rings. The number of fused-ring (bicyclic) bond motifs is 1. The summed E-state index contributed by atoms with van der Waals surface area (Å²) < 4.78 is 3.87. The molecule has 7 heteroatoms. The number of aromatic nitrogens is 4. The van der Waals surface area contributed by atoms with Crippen LogP contribution in [0.15, 0.2) is 18.3 Å². The van der Waals surface area contributed by atoms with Crippen molar-refractivity contribution >= 4 is 5.91 Å². The first kappa shape index (κ1) is 13.8. The highest BCUT2D eigenvalue weighted by Crippen LogP contribution is 2.28. The van der Waals surface area contributed by atoms with Crippen LogP contribution in [0.25, 0.3) is 0 Å². The highest BCUT2D eigenvalue weighted by molar-refractivity contribution is 5.92. The van der Waals surface area contributed by atoms with Crippen LogP contribution < -0.4 is 5.73 Å². The van der Waals surface area contributed by atoms with Gasteiger partial charge in [-0.25, -0.2) is 0 Å². The van der Waals surface area contributed by atoms with Crippen LogP contribution in [0.4, 0.5) is 0 Å². The van der Waals surface area contributed by atoms with E-state index in [0.29, 0.717) is 25.3 Å². The lowest BCUT2D eigenvalue weighted by Crippen LogP contribution is -2.41. The van der Waals surface area contributed by atoms with Crippen LogP contribution in [0.3, 0.4) is 0 Å². The van der Waals surface area contributed by atoms with Crippen LogP contribution >= 0.6 is 0 Å². The van der Waals surface area contributed by atoms with Gasteiger partial charge in [0.1, 0.15) is 0 Å². The maximum Gasteiger partial charge on any atom is 0.276 e. The molecule has 0 radical (unpaired) electrons. The number of aryl methyl sites for hydroxylation is 1. The number of amides is 1. The number of rotatable bonds is 3. The molecule has 0 aliphatic carbocycles. The maximum absolute atomic E-state index is 12.6. The molecule has 2 N–H and O–H groups in total. The summed E-state index contributed by atoms with van der Waals surface area (Å²) in [6, 6.07) is 4.22. The summed E-state index contributed by atoms with van der Waals surface area (Å²) in [5, 5.41) is 7.89. The summed E-state index contributed by atoms with van der Waals surface area (Å²) in [4.78, 5) is 14.5. The van der Waals surface area contributed by atoms with E-state index in [2.05, 4.69) is 33.9 Å². The second kappa shape index (κ2) is 5.33. The van der Waals surface area contributed by atoms with Gasteiger partial charge in [0.15, 0.2) is 5.69 Å². The molecule has 21 heavy (non-hydrogen) atoms. The molecule has 112 valence electrons. The lowest BCUT2D eigenvalue weighted by Gasteiger charge is -2.35. The minimum atomic E-state index is -0.0733. The molecule has 1 unspecified atom stereocenters. The SMILES string of the molecule is Cc1ccc2n1CCN(C(=O)c1cn(CCN)nn1)C2C. The molecule has 1 amide bonds. The summed E-state index contributed by atoms with van der Waals surface area (Å²) in [7, 11) is 0. The fraction of sp³-hybridized carbons (Fsp3) is 0.500. The molecular weight excluding hydrogens is 268 g/mol. The second-order valence-electron chi connectivity index (χ2n) is 5.38.